The molecule has 1 aliphatic heterocycles. The molecule has 1 aliphatic rings. The Morgan fingerprint density at radius 2 is 2.00 bits per heavy atom. The summed E-state index contributed by atoms with van der Waals surface area (Å²) in [5, 5.41) is 0. The van der Waals surface area contributed by atoms with Crippen molar-refractivity contribution in [3.8, 4) is 0 Å². The lowest BCUT2D eigenvalue weighted by atomic mass is 10.2. The summed E-state index contributed by atoms with van der Waals surface area (Å²) in [6.07, 6.45) is 1.36. The molecule has 106 valence electrons. The van der Waals surface area contributed by atoms with E-state index in [1.807, 2.05) is 19.0 Å². The summed E-state index contributed by atoms with van der Waals surface area (Å²) in [5.41, 5.74) is 0. The van der Waals surface area contributed by atoms with Crippen molar-refractivity contribution < 1.29 is 13.2 Å². The van der Waals surface area contributed by atoms with Gasteiger partial charge in [-0.05, 0) is 33.5 Å². The van der Waals surface area contributed by atoms with Crippen LogP contribution < -0.4 is 0 Å². The van der Waals surface area contributed by atoms with Crippen LogP contribution >= 0.6 is 11.6 Å². The Hall–Kier alpha value is -0.330. The van der Waals surface area contributed by atoms with Crippen LogP contribution in [0.4, 0.5) is 0 Å². The number of carbonyl (C=O) groups is 1. The Balaban J connectivity index is 2.59. The SMILES string of the molecule is CN(C)CCCN(C(=O)CCl)C1CCS(=O)(=O)C1. The monoisotopic (exact) mass is 296 g/mol. The Morgan fingerprint density at radius 1 is 1.33 bits per heavy atom. The summed E-state index contributed by atoms with van der Waals surface area (Å²) in [5.74, 6) is 0.00516. The van der Waals surface area contributed by atoms with Gasteiger partial charge in [-0.3, -0.25) is 4.79 Å². The zero-order valence-electron chi connectivity index (χ0n) is 10.9. The van der Waals surface area contributed by atoms with Crippen LogP contribution in [0.1, 0.15) is 12.8 Å². The van der Waals surface area contributed by atoms with Gasteiger partial charge in [0.25, 0.3) is 0 Å². The van der Waals surface area contributed by atoms with Gasteiger partial charge in [-0.1, -0.05) is 0 Å². The average molecular weight is 297 g/mol. The summed E-state index contributed by atoms with van der Waals surface area (Å²) in [4.78, 5) is 15.4. The molecule has 1 atom stereocenters. The number of amides is 1. The molecule has 0 aliphatic carbocycles. The Labute approximate surface area is 114 Å². The van der Waals surface area contributed by atoms with Crippen molar-refractivity contribution in [1.29, 1.82) is 0 Å². The molecule has 0 N–H and O–H groups in total. The zero-order valence-corrected chi connectivity index (χ0v) is 12.5. The molecule has 1 saturated heterocycles. The molecule has 0 aromatic carbocycles. The highest BCUT2D eigenvalue weighted by Gasteiger charge is 2.33. The number of alkyl halides is 1. The van der Waals surface area contributed by atoms with E-state index >= 15 is 0 Å². The van der Waals surface area contributed by atoms with E-state index in [0.717, 1.165) is 13.0 Å². The first-order valence-corrected chi connectivity index (χ1v) is 8.42. The summed E-state index contributed by atoms with van der Waals surface area (Å²) in [6.45, 7) is 1.44. The lowest BCUT2D eigenvalue weighted by Crippen LogP contribution is -2.43. The first kappa shape index (κ1) is 15.7. The smallest absolute Gasteiger partial charge is 0.237 e. The number of hydrogen-bond donors (Lipinski definition) is 0. The second-order valence-corrected chi connectivity index (χ2v) is 7.43. The number of sulfone groups is 1. The van der Waals surface area contributed by atoms with E-state index in [9.17, 15) is 13.2 Å². The third kappa shape index (κ3) is 4.74. The standard InChI is InChI=1S/C11H21ClN2O3S/c1-13(2)5-3-6-14(11(15)8-12)10-4-7-18(16,17)9-10/h10H,3-9H2,1-2H3. The largest absolute Gasteiger partial charge is 0.338 e. The van der Waals surface area contributed by atoms with E-state index in [0.29, 0.717) is 13.0 Å². The van der Waals surface area contributed by atoms with Crippen LogP contribution in [-0.4, -0.2) is 74.7 Å². The average Bonchev–Trinajstić information content (AvgIpc) is 2.63. The fraction of sp³-hybridized carbons (Fsp3) is 0.909. The van der Waals surface area contributed by atoms with Crippen molar-refractivity contribution in [2.45, 2.75) is 18.9 Å². The van der Waals surface area contributed by atoms with Crippen LogP contribution in [0.5, 0.6) is 0 Å². The van der Waals surface area contributed by atoms with Crippen LogP contribution in [0.15, 0.2) is 0 Å². The minimum atomic E-state index is -2.97. The minimum Gasteiger partial charge on any atom is -0.338 e. The first-order chi connectivity index (χ1) is 8.35. The molecular formula is C11H21ClN2O3S. The molecule has 1 rings (SSSR count). The van der Waals surface area contributed by atoms with Crippen LogP contribution in [0.25, 0.3) is 0 Å². The molecule has 18 heavy (non-hydrogen) atoms. The van der Waals surface area contributed by atoms with Gasteiger partial charge < -0.3 is 9.80 Å². The molecule has 0 saturated carbocycles. The summed E-state index contributed by atoms with van der Waals surface area (Å²) >= 11 is 5.59. The van der Waals surface area contributed by atoms with Gasteiger partial charge in [0, 0.05) is 12.6 Å². The van der Waals surface area contributed by atoms with E-state index in [1.165, 1.54) is 0 Å². The summed E-state index contributed by atoms with van der Waals surface area (Å²) < 4.78 is 22.9. The topological polar surface area (TPSA) is 57.7 Å². The van der Waals surface area contributed by atoms with Gasteiger partial charge in [0.2, 0.25) is 5.91 Å². The molecule has 5 nitrogen and oxygen atoms in total. The molecule has 1 heterocycles. The molecule has 0 radical (unpaired) electrons. The molecule has 0 spiro atoms. The Bertz CT molecular complexity index is 384. The normalized spacial score (nSPS) is 22.3. The highest BCUT2D eigenvalue weighted by Crippen LogP contribution is 2.18. The number of rotatable bonds is 6. The highest BCUT2D eigenvalue weighted by atomic mass is 35.5. The second kappa shape index (κ2) is 6.73. The fourth-order valence-electron chi connectivity index (χ4n) is 2.17. The lowest BCUT2D eigenvalue weighted by Gasteiger charge is -2.28. The minimum absolute atomic E-state index is 0.0809. The van der Waals surface area contributed by atoms with E-state index in [1.54, 1.807) is 4.90 Å². The molecule has 0 bridgehead atoms. The van der Waals surface area contributed by atoms with Gasteiger partial charge in [-0.2, -0.15) is 0 Å². The van der Waals surface area contributed by atoms with Gasteiger partial charge in [-0.15, -0.1) is 11.6 Å². The maximum atomic E-state index is 11.8. The van der Waals surface area contributed by atoms with Crippen molar-refractivity contribution in [3.63, 3.8) is 0 Å². The summed E-state index contributed by atoms with van der Waals surface area (Å²) in [7, 11) is 0.961. The number of halogens is 1. The van der Waals surface area contributed by atoms with Crippen LogP contribution in [0.3, 0.4) is 0 Å². The molecule has 7 heteroatoms. The van der Waals surface area contributed by atoms with Crippen molar-refractivity contribution >= 4 is 27.3 Å². The molecule has 0 aromatic rings. The highest BCUT2D eigenvalue weighted by molar-refractivity contribution is 7.91. The van der Waals surface area contributed by atoms with E-state index in [-0.39, 0.29) is 29.3 Å². The maximum absolute atomic E-state index is 11.8. The molecule has 1 fully saturated rings. The van der Waals surface area contributed by atoms with Gasteiger partial charge in [0.15, 0.2) is 9.84 Å². The Morgan fingerprint density at radius 3 is 2.44 bits per heavy atom. The van der Waals surface area contributed by atoms with Crippen molar-refractivity contribution in [1.82, 2.24) is 9.80 Å². The number of hydrogen-bond acceptors (Lipinski definition) is 4. The van der Waals surface area contributed by atoms with Crippen molar-refractivity contribution in [3.05, 3.63) is 0 Å². The van der Waals surface area contributed by atoms with Crippen molar-refractivity contribution in [2.24, 2.45) is 0 Å². The zero-order chi connectivity index (χ0) is 13.8. The van der Waals surface area contributed by atoms with E-state index in [2.05, 4.69) is 0 Å². The van der Waals surface area contributed by atoms with Gasteiger partial charge in [-0.25, -0.2) is 8.42 Å². The van der Waals surface area contributed by atoms with Crippen LogP contribution in [-0.2, 0) is 14.6 Å². The first-order valence-electron chi connectivity index (χ1n) is 6.06. The van der Waals surface area contributed by atoms with Crippen molar-refractivity contribution in [2.75, 3.05) is 44.6 Å². The third-order valence-corrected chi connectivity index (χ3v) is 5.07. The summed E-state index contributed by atoms with van der Waals surface area (Å²) in [6, 6.07) is -0.191. The Kier molecular flexibility index (Phi) is 5.88. The molecule has 1 amide bonds. The van der Waals surface area contributed by atoms with Crippen LogP contribution in [0.2, 0.25) is 0 Å². The van der Waals surface area contributed by atoms with Gasteiger partial charge >= 0.3 is 0 Å². The van der Waals surface area contributed by atoms with E-state index < -0.39 is 9.84 Å². The maximum Gasteiger partial charge on any atom is 0.237 e. The predicted octanol–water partition coefficient (Wildman–Crippen LogP) is 0.193. The van der Waals surface area contributed by atoms with Crippen LogP contribution in [0, 0.1) is 0 Å². The quantitative estimate of drug-likeness (QED) is 0.657. The number of carbonyl (C=O) groups excluding carboxylic acids is 1. The number of nitrogens with zero attached hydrogens (tertiary/aromatic N) is 2. The molecular weight excluding hydrogens is 276 g/mol. The van der Waals surface area contributed by atoms with Gasteiger partial charge in [0.1, 0.15) is 5.88 Å². The second-order valence-electron chi connectivity index (χ2n) is 4.93. The fourth-order valence-corrected chi connectivity index (χ4v) is 4.05. The predicted molar refractivity (Wildman–Crippen MR) is 72.7 cm³/mol. The third-order valence-electron chi connectivity index (χ3n) is 3.09. The van der Waals surface area contributed by atoms with E-state index in [4.69, 9.17) is 11.6 Å². The van der Waals surface area contributed by atoms with Gasteiger partial charge in [0.05, 0.1) is 11.5 Å². The lowest BCUT2D eigenvalue weighted by molar-refractivity contribution is -0.130. The molecule has 0 aromatic heterocycles. The molecule has 1 unspecified atom stereocenters.